The minimum atomic E-state index is -4.36. The molecule has 4 nitrogen and oxygen atoms in total. The first-order chi connectivity index (χ1) is 15.8. The van der Waals surface area contributed by atoms with Gasteiger partial charge in [0.1, 0.15) is 6.54 Å². The van der Waals surface area contributed by atoms with E-state index in [2.05, 4.69) is 11.4 Å². The highest BCUT2D eigenvalue weighted by atomic mass is 32.2. The molecule has 1 aromatic heterocycles. The van der Waals surface area contributed by atoms with Gasteiger partial charge in [0.15, 0.2) is 0 Å². The summed E-state index contributed by atoms with van der Waals surface area (Å²) < 4.78 is 53.6. The molecule has 1 saturated carbocycles. The number of aromatic nitrogens is 1. The molecule has 1 saturated heterocycles. The number of hydrogen-bond donors (Lipinski definition) is 1. The molecule has 0 amide bonds. The van der Waals surface area contributed by atoms with Crippen molar-refractivity contribution in [3.05, 3.63) is 54.1 Å². The molecule has 0 bridgehead atoms. The monoisotopic (exact) mass is 471 g/mol. The summed E-state index contributed by atoms with van der Waals surface area (Å²) in [5, 5.41) is 13.7. The number of rotatable bonds is 5. The van der Waals surface area contributed by atoms with Crippen molar-refractivity contribution in [2.24, 2.45) is 0 Å². The molecule has 0 atom stereocenters. The fourth-order valence-electron chi connectivity index (χ4n) is 4.71. The molecular formula is C25H24F3N3OS. The molecule has 0 unspecified atom stereocenters. The van der Waals surface area contributed by atoms with Crippen LogP contribution in [0.15, 0.2) is 48.5 Å². The van der Waals surface area contributed by atoms with Crippen LogP contribution in [0.5, 0.6) is 0 Å². The molecule has 33 heavy (non-hydrogen) atoms. The Morgan fingerprint density at radius 3 is 2.42 bits per heavy atom. The fraction of sp³-hybridized carbons (Fsp3) is 0.400. The van der Waals surface area contributed by atoms with E-state index in [1.165, 1.54) is 4.57 Å². The highest BCUT2D eigenvalue weighted by Gasteiger charge is 2.44. The summed E-state index contributed by atoms with van der Waals surface area (Å²) in [4.78, 5) is 0. The molecular weight excluding hydrogens is 447 g/mol. The van der Waals surface area contributed by atoms with Crippen molar-refractivity contribution in [3.8, 4) is 17.3 Å². The Morgan fingerprint density at radius 1 is 1.12 bits per heavy atom. The van der Waals surface area contributed by atoms with Crippen LogP contribution in [0.2, 0.25) is 0 Å². The summed E-state index contributed by atoms with van der Waals surface area (Å²) in [5.41, 5.74) is 2.99. The largest absolute Gasteiger partial charge is 0.406 e. The average molecular weight is 472 g/mol. The normalized spacial score (nSPS) is 22.1. The molecule has 0 radical (unpaired) electrons. The second-order valence-electron chi connectivity index (χ2n) is 9.01. The zero-order chi connectivity index (χ0) is 23.2. The highest BCUT2D eigenvalue weighted by Crippen LogP contribution is 2.48. The van der Waals surface area contributed by atoms with Crippen LogP contribution in [0, 0.1) is 11.3 Å². The standard InChI is InChI=1S/C25H24F3N3OS/c26-25(27,28)16-31-22-3-1-2-21(30-19-8-12-33(32)13-9-19)20(22)14-23(31)17-4-6-18(7-5-17)24(15-29)10-11-24/h1-7,14,19,30H,8-13,16H2. The van der Waals surface area contributed by atoms with Crippen molar-refractivity contribution >= 4 is 27.4 Å². The average Bonchev–Trinajstić information content (AvgIpc) is 3.52. The summed E-state index contributed by atoms with van der Waals surface area (Å²) in [6.45, 7) is -1.08. The van der Waals surface area contributed by atoms with Crippen LogP contribution in [0.1, 0.15) is 31.2 Å². The van der Waals surface area contributed by atoms with Gasteiger partial charge in [-0.15, -0.1) is 0 Å². The van der Waals surface area contributed by atoms with E-state index in [0.717, 1.165) is 42.3 Å². The number of benzene rings is 2. The fourth-order valence-corrected chi connectivity index (χ4v) is 6.01. The molecule has 1 aliphatic heterocycles. The quantitative estimate of drug-likeness (QED) is 0.516. The summed E-state index contributed by atoms with van der Waals surface area (Å²) in [6.07, 6.45) is -1.17. The van der Waals surface area contributed by atoms with Crippen molar-refractivity contribution in [3.63, 3.8) is 0 Å². The van der Waals surface area contributed by atoms with Crippen molar-refractivity contribution in [1.29, 1.82) is 5.26 Å². The van der Waals surface area contributed by atoms with Crippen LogP contribution >= 0.6 is 0 Å². The molecule has 8 heteroatoms. The van der Waals surface area contributed by atoms with Crippen molar-refractivity contribution in [1.82, 2.24) is 4.57 Å². The summed E-state index contributed by atoms with van der Waals surface area (Å²) in [6, 6.07) is 17.1. The van der Waals surface area contributed by atoms with Gasteiger partial charge in [0.25, 0.3) is 0 Å². The third-order valence-electron chi connectivity index (χ3n) is 6.73. The lowest BCUT2D eigenvalue weighted by atomic mass is 9.96. The lowest BCUT2D eigenvalue weighted by Crippen LogP contribution is -2.29. The van der Waals surface area contributed by atoms with Crippen molar-refractivity contribution in [2.75, 3.05) is 16.8 Å². The number of halogens is 3. The molecule has 3 aromatic rings. The molecule has 5 rings (SSSR count). The molecule has 172 valence electrons. The third-order valence-corrected chi connectivity index (χ3v) is 8.11. The third kappa shape index (κ3) is 4.39. The van der Waals surface area contributed by atoms with Gasteiger partial charge in [-0.2, -0.15) is 18.4 Å². The molecule has 0 spiro atoms. The van der Waals surface area contributed by atoms with E-state index in [9.17, 15) is 22.6 Å². The maximum absolute atomic E-state index is 13.5. The van der Waals surface area contributed by atoms with Gasteiger partial charge in [0.05, 0.1) is 17.0 Å². The first-order valence-electron chi connectivity index (χ1n) is 11.1. The van der Waals surface area contributed by atoms with E-state index in [1.54, 1.807) is 12.1 Å². The predicted octanol–water partition coefficient (Wildman–Crippen LogP) is 5.75. The Balaban J connectivity index is 1.55. The van der Waals surface area contributed by atoms with Crippen molar-refractivity contribution < 1.29 is 17.4 Å². The lowest BCUT2D eigenvalue weighted by Gasteiger charge is -2.24. The number of anilines is 1. The van der Waals surface area contributed by atoms with Gasteiger partial charge in [-0.05, 0) is 55.0 Å². The van der Waals surface area contributed by atoms with E-state index < -0.39 is 28.9 Å². The van der Waals surface area contributed by atoms with Gasteiger partial charge in [0, 0.05) is 45.1 Å². The first kappa shape index (κ1) is 22.0. The Morgan fingerprint density at radius 2 is 1.82 bits per heavy atom. The van der Waals surface area contributed by atoms with E-state index in [-0.39, 0.29) is 6.04 Å². The molecule has 2 aliphatic rings. The Labute approximate surface area is 192 Å². The van der Waals surface area contributed by atoms with E-state index in [1.807, 2.05) is 36.4 Å². The molecule has 1 N–H and O–H groups in total. The maximum atomic E-state index is 13.5. The summed E-state index contributed by atoms with van der Waals surface area (Å²) >= 11 is 0. The van der Waals surface area contributed by atoms with Crippen molar-refractivity contribution in [2.45, 2.75) is 49.9 Å². The minimum absolute atomic E-state index is 0.155. The predicted molar refractivity (Wildman–Crippen MR) is 124 cm³/mol. The topological polar surface area (TPSA) is 57.8 Å². The van der Waals surface area contributed by atoms with E-state index >= 15 is 0 Å². The van der Waals surface area contributed by atoms with Crippen LogP contribution in [-0.2, 0) is 22.8 Å². The highest BCUT2D eigenvalue weighted by molar-refractivity contribution is 7.85. The van der Waals surface area contributed by atoms with Crippen LogP contribution in [-0.4, -0.2) is 32.5 Å². The molecule has 1 aliphatic carbocycles. The second kappa shape index (κ2) is 8.21. The zero-order valence-electron chi connectivity index (χ0n) is 18.0. The maximum Gasteiger partial charge on any atom is 0.406 e. The molecule has 2 aromatic carbocycles. The van der Waals surface area contributed by atoms with Crippen LogP contribution < -0.4 is 5.32 Å². The van der Waals surface area contributed by atoms with E-state index in [0.29, 0.717) is 28.3 Å². The minimum Gasteiger partial charge on any atom is -0.382 e. The van der Waals surface area contributed by atoms with Gasteiger partial charge in [-0.25, -0.2) is 0 Å². The zero-order valence-corrected chi connectivity index (χ0v) is 18.8. The van der Waals surface area contributed by atoms with Crippen LogP contribution in [0.3, 0.4) is 0 Å². The van der Waals surface area contributed by atoms with Gasteiger partial charge < -0.3 is 9.88 Å². The number of nitrogens with one attached hydrogen (secondary N) is 1. The Bertz CT molecular complexity index is 1240. The number of alkyl halides is 3. The van der Waals surface area contributed by atoms with Gasteiger partial charge in [0.2, 0.25) is 0 Å². The number of fused-ring (bicyclic) bond motifs is 1. The summed E-state index contributed by atoms with van der Waals surface area (Å²) in [7, 11) is -0.776. The van der Waals surface area contributed by atoms with Gasteiger partial charge >= 0.3 is 6.18 Å². The molecule has 2 heterocycles. The van der Waals surface area contributed by atoms with Crippen LogP contribution in [0.25, 0.3) is 22.2 Å². The second-order valence-corrected chi connectivity index (χ2v) is 10.7. The van der Waals surface area contributed by atoms with Gasteiger partial charge in [-0.3, -0.25) is 4.21 Å². The van der Waals surface area contributed by atoms with E-state index in [4.69, 9.17) is 0 Å². The number of nitriles is 1. The summed E-state index contributed by atoms with van der Waals surface area (Å²) in [5.74, 6) is 1.29. The Hall–Kier alpha value is -2.79. The molecule has 2 fully saturated rings. The first-order valence-corrected chi connectivity index (χ1v) is 12.6. The lowest BCUT2D eigenvalue weighted by molar-refractivity contribution is -0.139. The SMILES string of the molecule is N#CC1(c2ccc(-c3cc4c(NC5CCS(=O)CC5)cccc4n3CC(F)(F)F)cc2)CC1. The number of nitrogens with zero attached hydrogens (tertiary/aromatic N) is 2. The van der Waals surface area contributed by atoms with Crippen LogP contribution in [0.4, 0.5) is 18.9 Å². The Kier molecular flexibility index (Phi) is 5.48. The smallest absolute Gasteiger partial charge is 0.382 e. The van der Waals surface area contributed by atoms with Gasteiger partial charge in [-0.1, -0.05) is 30.3 Å². The number of hydrogen-bond acceptors (Lipinski definition) is 3.